The van der Waals surface area contributed by atoms with E-state index in [2.05, 4.69) is 15.9 Å². The third-order valence-electron chi connectivity index (χ3n) is 3.78. The fourth-order valence-corrected chi connectivity index (χ4v) is 3.11. The molecule has 1 aliphatic heterocycles. The number of carbonyl (C=O) groups is 1. The molecule has 6 nitrogen and oxygen atoms in total. The summed E-state index contributed by atoms with van der Waals surface area (Å²) in [5, 5.41) is 20.1. The van der Waals surface area contributed by atoms with E-state index in [-0.39, 0.29) is 18.2 Å². The Bertz CT molecular complexity index is 550. The van der Waals surface area contributed by atoms with Gasteiger partial charge in [0, 0.05) is 28.7 Å². The predicted octanol–water partition coefficient (Wildman–Crippen LogP) is 3.19. The topological polar surface area (TPSA) is 83.7 Å². The van der Waals surface area contributed by atoms with E-state index in [1.54, 1.807) is 12.1 Å². The lowest BCUT2D eigenvalue weighted by atomic mass is 9.98. The van der Waals surface area contributed by atoms with E-state index < -0.39 is 10.9 Å². The molecule has 114 valence electrons. The maximum atomic E-state index is 11.1. The van der Waals surface area contributed by atoms with Gasteiger partial charge in [-0.2, -0.15) is 0 Å². The van der Waals surface area contributed by atoms with Crippen molar-refractivity contribution in [2.45, 2.75) is 38.3 Å². The van der Waals surface area contributed by atoms with Gasteiger partial charge in [0.2, 0.25) is 0 Å². The van der Waals surface area contributed by atoms with Crippen LogP contribution in [0.4, 0.5) is 5.69 Å². The Labute approximate surface area is 131 Å². The first kappa shape index (κ1) is 15.9. The Morgan fingerprint density at radius 2 is 2.24 bits per heavy atom. The van der Waals surface area contributed by atoms with E-state index in [9.17, 15) is 14.9 Å². The number of hydrogen-bond donors (Lipinski definition) is 1. The molecule has 0 aliphatic carbocycles. The maximum absolute atomic E-state index is 11.1. The van der Waals surface area contributed by atoms with Crippen LogP contribution < -0.4 is 0 Å². The average molecular weight is 357 g/mol. The third-order valence-corrected chi connectivity index (χ3v) is 4.27. The van der Waals surface area contributed by atoms with Crippen LogP contribution in [0, 0.1) is 10.1 Å². The van der Waals surface area contributed by atoms with Crippen molar-refractivity contribution < 1.29 is 14.8 Å². The van der Waals surface area contributed by atoms with Gasteiger partial charge in [-0.3, -0.25) is 19.8 Å². The first-order valence-corrected chi connectivity index (χ1v) is 7.65. The van der Waals surface area contributed by atoms with Crippen LogP contribution in [-0.2, 0) is 11.3 Å². The highest BCUT2D eigenvalue weighted by Crippen LogP contribution is 2.28. The normalized spacial score (nSPS) is 19.4. The van der Waals surface area contributed by atoms with Gasteiger partial charge in [0.15, 0.2) is 0 Å². The molecule has 0 amide bonds. The number of aliphatic carboxylic acids is 1. The number of halogens is 1. The van der Waals surface area contributed by atoms with Gasteiger partial charge in [-0.1, -0.05) is 22.4 Å². The molecule has 1 aliphatic rings. The minimum Gasteiger partial charge on any atom is -0.481 e. The average Bonchev–Trinajstić information content (AvgIpc) is 2.42. The highest BCUT2D eigenvalue weighted by Gasteiger charge is 2.26. The summed E-state index contributed by atoms with van der Waals surface area (Å²) in [7, 11) is 0. The summed E-state index contributed by atoms with van der Waals surface area (Å²) in [6.45, 7) is 1.20. The van der Waals surface area contributed by atoms with Crippen molar-refractivity contribution in [3.63, 3.8) is 0 Å². The number of nitrogens with zero attached hydrogens (tertiary/aromatic N) is 2. The number of hydrogen-bond acceptors (Lipinski definition) is 4. The minimum absolute atomic E-state index is 0.0421. The second kappa shape index (κ2) is 7.00. The zero-order valence-electron chi connectivity index (χ0n) is 11.5. The molecule has 1 aromatic carbocycles. The Balaban J connectivity index is 2.19. The molecule has 0 spiro atoms. The van der Waals surface area contributed by atoms with Gasteiger partial charge in [-0.15, -0.1) is 0 Å². The molecular formula is C14H17BrN2O4. The van der Waals surface area contributed by atoms with Gasteiger partial charge in [0.1, 0.15) is 0 Å². The van der Waals surface area contributed by atoms with Crippen LogP contribution in [0.25, 0.3) is 0 Å². The lowest BCUT2D eigenvalue weighted by Crippen LogP contribution is -2.40. The smallest absolute Gasteiger partial charge is 0.304 e. The van der Waals surface area contributed by atoms with E-state index in [1.807, 2.05) is 4.90 Å². The highest BCUT2D eigenvalue weighted by atomic mass is 79.9. The van der Waals surface area contributed by atoms with Gasteiger partial charge < -0.3 is 5.11 Å². The summed E-state index contributed by atoms with van der Waals surface area (Å²) in [5.74, 6) is -0.822. The Hall–Kier alpha value is -1.47. The van der Waals surface area contributed by atoms with Crippen molar-refractivity contribution in [1.82, 2.24) is 4.90 Å². The Morgan fingerprint density at radius 1 is 1.48 bits per heavy atom. The fourth-order valence-electron chi connectivity index (χ4n) is 2.76. The van der Waals surface area contributed by atoms with Gasteiger partial charge in [0.05, 0.1) is 11.3 Å². The highest BCUT2D eigenvalue weighted by molar-refractivity contribution is 9.10. The molecule has 1 saturated heterocycles. The fraction of sp³-hybridized carbons (Fsp3) is 0.500. The van der Waals surface area contributed by atoms with E-state index >= 15 is 0 Å². The summed E-state index contributed by atoms with van der Waals surface area (Å²) in [5.41, 5.74) is 0.699. The van der Waals surface area contributed by atoms with Crippen LogP contribution in [0.2, 0.25) is 0 Å². The number of carboxylic acids is 1. The largest absolute Gasteiger partial charge is 0.481 e. The standard InChI is InChI=1S/C14H17BrN2O4/c15-11-5-4-10(13(7-11)17(20)21)9-16-6-2-1-3-12(16)8-14(18)19/h4-5,7,12H,1-3,6,8-9H2,(H,18,19). The first-order chi connectivity index (χ1) is 9.97. The maximum Gasteiger partial charge on any atom is 0.304 e. The molecule has 2 rings (SSSR count). The molecule has 1 N–H and O–H groups in total. The molecule has 21 heavy (non-hydrogen) atoms. The van der Waals surface area contributed by atoms with E-state index in [0.717, 1.165) is 25.8 Å². The molecule has 0 saturated carbocycles. The van der Waals surface area contributed by atoms with Crippen molar-refractivity contribution in [2.75, 3.05) is 6.54 Å². The van der Waals surface area contributed by atoms with Crippen molar-refractivity contribution in [3.8, 4) is 0 Å². The molecule has 1 fully saturated rings. The van der Waals surface area contributed by atoms with Crippen molar-refractivity contribution in [3.05, 3.63) is 38.3 Å². The molecule has 0 radical (unpaired) electrons. The summed E-state index contributed by atoms with van der Waals surface area (Å²) in [6, 6.07) is 4.96. The summed E-state index contributed by atoms with van der Waals surface area (Å²) in [6.07, 6.45) is 2.93. The van der Waals surface area contributed by atoms with Crippen molar-refractivity contribution in [1.29, 1.82) is 0 Å². The summed E-state index contributed by atoms with van der Waals surface area (Å²) >= 11 is 3.24. The van der Waals surface area contributed by atoms with Gasteiger partial charge in [0.25, 0.3) is 5.69 Å². The predicted molar refractivity (Wildman–Crippen MR) is 81.1 cm³/mol. The number of carboxylic acid groups (broad SMARTS) is 1. The van der Waals surface area contributed by atoms with Crippen LogP contribution in [0.15, 0.2) is 22.7 Å². The molecule has 1 heterocycles. The molecule has 7 heteroatoms. The zero-order chi connectivity index (χ0) is 15.4. The van der Waals surface area contributed by atoms with Crippen LogP contribution in [0.1, 0.15) is 31.2 Å². The molecule has 0 bridgehead atoms. The molecule has 1 unspecified atom stereocenters. The number of rotatable bonds is 5. The Kier molecular flexibility index (Phi) is 5.30. The van der Waals surface area contributed by atoms with E-state index in [1.165, 1.54) is 6.07 Å². The van der Waals surface area contributed by atoms with Crippen LogP contribution in [0.3, 0.4) is 0 Å². The van der Waals surface area contributed by atoms with Crippen LogP contribution >= 0.6 is 15.9 Å². The van der Waals surface area contributed by atoms with Crippen molar-refractivity contribution in [2.24, 2.45) is 0 Å². The van der Waals surface area contributed by atoms with Crippen LogP contribution in [0.5, 0.6) is 0 Å². The second-order valence-corrected chi connectivity index (χ2v) is 6.16. The SMILES string of the molecule is O=C(O)CC1CCCCN1Cc1ccc(Br)cc1[N+](=O)[O-]. The van der Waals surface area contributed by atoms with Gasteiger partial charge in [-0.05, 0) is 31.5 Å². The van der Waals surface area contributed by atoms with Crippen molar-refractivity contribution >= 4 is 27.6 Å². The molecule has 1 atom stereocenters. The molecule has 1 aromatic rings. The van der Waals surface area contributed by atoms with E-state index in [4.69, 9.17) is 5.11 Å². The number of likely N-dealkylation sites (tertiary alicyclic amines) is 1. The number of piperidine rings is 1. The number of benzene rings is 1. The van der Waals surface area contributed by atoms with E-state index in [0.29, 0.717) is 16.6 Å². The van der Waals surface area contributed by atoms with Gasteiger partial charge in [-0.25, -0.2) is 0 Å². The molecule has 0 aromatic heterocycles. The third kappa shape index (κ3) is 4.25. The minimum atomic E-state index is -0.822. The quantitative estimate of drug-likeness (QED) is 0.646. The lowest BCUT2D eigenvalue weighted by Gasteiger charge is -2.34. The molecular weight excluding hydrogens is 340 g/mol. The van der Waals surface area contributed by atoms with Crippen LogP contribution in [-0.4, -0.2) is 33.5 Å². The number of nitro groups is 1. The second-order valence-electron chi connectivity index (χ2n) is 5.25. The summed E-state index contributed by atoms with van der Waals surface area (Å²) < 4.78 is 0.665. The monoisotopic (exact) mass is 356 g/mol. The zero-order valence-corrected chi connectivity index (χ0v) is 13.1. The van der Waals surface area contributed by atoms with Gasteiger partial charge >= 0.3 is 5.97 Å². The lowest BCUT2D eigenvalue weighted by molar-refractivity contribution is -0.385. The number of nitro benzene ring substituents is 1. The Morgan fingerprint density at radius 3 is 2.90 bits per heavy atom. The summed E-state index contributed by atoms with van der Waals surface area (Å²) in [4.78, 5) is 23.7. The first-order valence-electron chi connectivity index (χ1n) is 6.86.